The lowest BCUT2D eigenvalue weighted by atomic mass is 10.2. The molecule has 4 heteroatoms. The van der Waals surface area contributed by atoms with Crippen LogP contribution in [0.1, 0.15) is 18.2 Å². The van der Waals surface area contributed by atoms with E-state index >= 15 is 0 Å². The van der Waals surface area contributed by atoms with Crippen LogP contribution in [0.3, 0.4) is 0 Å². The maximum atomic E-state index is 11.7. The van der Waals surface area contributed by atoms with Gasteiger partial charge in [0.25, 0.3) is 5.56 Å². The normalized spacial score (nSPS) is 21.4. The summed E-state index contributed by atoms with van der Waals surface area (Å²) >= 11 is 1.90. The van der Waals surface area contributed by atoms with E-state index in [1.807, 2.05) is 23.3 Å². The predicted molar refractivity (Wildman–Crippen MR) is 60.8 cm³/mol. The fraction of sp³-hybridized carbons (Fsp3) is 0.500. The van der Waals surface area contributed by atoms with Gasteiger partial charge in [-0.1, -0.05) is 0 Å². The summed E-state index contributed by atoms with van der Waals surface area (Å²) in [5.41, 5.74) is 7.48. The number of hydrogen-bond donors (Lipinski definition) is 1. The van der Waals surface area contributed by atoms with Gasteiger partial charge in [-0.15, -0.1) is 0 Å². The van der Waals surface area contributed by atoms with Gasteiger partial charge in [0.15, 0.2) is 0 Å². The summed E-state index contributed by atoms with van der Waals surface area (Å²) in [6, 6.07) is 3.60. The van der Waals surface area contributed by atoms with Crippen LogP contribution in [0.25, 0.3) is 0 Å². The molecule has 0 saturated carbocycles. The van der Waals surface area contributed by atoms with E-state index in [1.165, 1.54) is 0 Å². The van der Waals surface area contributed by atoms with Crippen molar-refractivity contribution in [3.8, 4) is 0 Å². The number of rotatable bonds is 1. The largest absolute Gasteiger partial charge is 0.397 e. The molecule has 0 radical (unpaired) electrons. The quantitative estimate of drug-likeness (QED) is 0.762. The Hall–Kier alpha value is -0.900. The fourth-order valence-corrected chi connectivity index (χ4v) is 3.04. The number of thioether (sulfide) groups is 1. The molecule has 1 saturated heterocycles. The highest BCUT2D eigenvalue weighted by Crippen LogP contribution is 2.28. The van der Waals surface area contributed by atoms with Crippen molar-refractivity contribution in [1.82, 2.24) is 4.57 Å². The maximum absolute atomic E-state index is 11.7. The molecule has 76 valence electrons. The first-order valence-corrected chi connectivity index (χ1v) is 5.91. The molecule has 1 atom stereocenters. The first-order chi connectivity index (χ1) is 6.70. The molecule has 2 N–H and O–H groups in total. The standard InChI is InChI=1S/C10H14N2OS/c1-7-9(11)2-3-10(13)12(7)8-4-5-14-6-8/h2-3,8H,4-6,11H2,1H3. The number of nitrogen functional groups attached to an aromatic ring is 1. The SMILES string of the molecule is Cc1c(N)ccc(=O)n1C1CCSC1. The van der Waals surface area contributed by atoms with Gasteiger partial charge in [-0.05, 0) is 25.2 Å². The summed E-state index contributed by atoms with van der Waals surface area (Å²) in [6.07, 6.45) is 1.08. The lowest BCUT2D eigenvalue weighted by molar-refractivity contribution is 0.530. The smallest absolute Gasteiger partial charge is 0.251 e. The van der Waals surface area contributed by atoms with Gasteiger partial charge >= 0.3 is 0 Å². The molecule has 1 unspecified atom stereocenters. The highest BCUT2D eigenvalue weighted by Gasteiger charge is 2.20. The molecular weight excluding hydrogens is 196 g/mol. The Morgan fingerprint density at radius 1 is 1.57 bits per heavy atom. The van der Waals surface area contributed by atoms with Gasteiger partial charge in [0.05, 0.1) is 5.69 Å². The summed E-state index contributed by atoms with van der Waals surface area (Å²) in [5, 5.41) is 0. The molecule has 1 aliphatic rings. The van der Waals surface area contributed by atoms with Crippen molar-refractivity contribution in [2.75, 3.05) is 17.2 Å². The zero-order chi connectivity index (χ0) is 10.1. The van der Waals surface area contributed by atoms with E-state index in [4.69, 9.17) is 5.73 Å². The number of aromatic nitrogens is 1. The van der Waals surface area contributed by atoms with E-state index in [1.54, 1.807) is 12.1 Å². The van der Waals surface area contributed by atoms with Crippen LogP contribution in [0.5, 0.6) is 0 Å². The van der Waals surface area contributed by atoms with Crippen LogP contribution in [0.4, 0.5) is 5.69 Å². The minimum absolute atomic E-state index is 0.0733. The Kier molecular flexibility index (Phi) is 2.54. The summed E-state index contributed by atoms with van der Waals surface area (Å²) in [4.78, 5) is 11.7. The van der Waals surface area contributed by atoms with Gasteiger partial charge < -0.3 is 10.3 Å². The highest BCUT2D eigenvalue weighted by atomic mass is 32.2. The Morgan fingerprint density at radius 2 is 2.36 bits per heavy atom. The zero-order valence-electron chi connectivity index (χ0n) is 8.19. The van der Waals surface area contributed by atoms with Crippen molar-refractivity contribution < 1.29 is 0 Å². The number of pyridine rings is 1. The molecule has 1 aromatic heterocycles. The lowest BCUT2D eigenvalue weighted by Crippen LogP contribution is -2.26. The first kappa shape index (κ1) is 9.65. The average Bonchev–Trinajstić information content (AvgIpc) is 2.65. The van der Waals surface area contributed by atoms with E-state index in [-0.39, 0.29) is 5.56 Å². The minimum Gasteiger partial charge on any atom is -0.397 e. The van der Waals surface area contributed by atoms with Crippen molar-refractivity contribution in [3.05, 3.63) is 28.2 Å². The van der Waals surface area contributed by atoms with Crippen LogP contribution in [0, 0.1) is 6.92 Å². The van der Waals surface area contributed by atoms with Gasteiger partial charge in [0.2, 0.25) is 0 Å². The number of nitrogens with two attached hydrogens (primary N) is 1. The van der Waals surface area contributed by atoms with E-state index in [0.29, 0.717) is 11.7 Å². The molecule has 0 amide bonds. The molecule has 14 heavy (non-hydrogen) atoms. The van der Waals surface area contributed by atoms with Gasteiger partial charge in [0, 0.05) is 23.6 Å². The summed E-state index contributed by atoms with van der Waals surface area (Å²) in [7, 11) is 0. The highest BCUT2D eigenvalue weighted by molar-refractivity contribution is 7.99. The van der Waals surface area contributed by atoms with Crippen LogP contribution in [0.15, 0.2) is 16.9 Å². The average molecular weight is 210 g/mol. The molecule has 1 aromatic rings. The zero-order valence-corrected chi connectivity index (χ0v) is 9.01. The van der Waals surface area contributed by atoms with Gasteiger partial charge in [-0.2, -0.15) is 11.8 Å². The third-order valence-corrected chi connectivity index (χ3v) is 3.84. The van der Waals surface area contributed by atoms with E-state index < -0.39 is 0 Å². The van der Waals surface area contributed by atoms with Crippen molar-refractivity contribution in [1.29, 1.82) is 0 Å². The lowest BCUT2D eigenvalue weighted by Gasteiger charge is -2.17. The second kappa shape index (κ2) is 3.69. The minimum atomic E-state index is 0.0733. The van der Waals surface area contributed by atoms with Crippen LogP contribution < -0.4 is 11.3 Å². The Balaban J connectivity index is 2.49. The Morgan fingerprint density at radius 3 is 3.00 bits per heavy atom. The molecule has 2 rings (SSSR count). The van der Waals surface area contributed by atoms with Crippen LogP contribution in [0.2, 0.25) is 0 Å². The Labute approximate surface area is 87.3 Å². The van der Waals surface area contributed by atoms with Crippen molar-refractivity contribution in [2.24, 2.45) is 0 Å². The molecule has 2 heterocycles. The molecule has 0 aliphatic carbocycles. The third-order valence-electron chi connectivity index (χ3n) is 2.69. The van der Waals surface area contributed by atoms with Crippen LogP contribution in [-0.4, -0.2) is 16.1 Å². The maximum Gasteiger partial charge on any atom is 0.251 e. The van der Waals surface area contributed by atoms with E-state index in [2.05, 4.69) is 0 Å². The topological polar surface area (TPSA) is 48.0 Å². The summed E-state index contributed by atoms with van der Waals surface area (Å²) in [6.45, 7) is 1.92. The van der Waals surface area contributed by atoms with Crippen LogP contribution >= 0.6 is 11.8 Å². The van der Waals surface area contributed by atoms with E-state index in [0.717, 1.165) is 23.6 Å². The molecule has 0 aromatic carbocycles. The summed E-state index contributed by atoms with van der Waals surface area (Å²) in [5.74, 6) is 2.18. The number of hydrogen-bond acceptors (Lipinski definition) is 3. The van der Waals surface area contributed by atoms with Crippen molar-refractivity contribution >= 4 is 17.4 Å². The van der Waals surface area contributed by atoms with Gasteiger partial charge in [0.1, 0.15) is 0 Å². The third kappa shape index (κ3) is 1.54. The van der Waals surface area contributed by atoms with E-state index in [9.17, 15) is 4.79 Å². The monoisotopic (exact) mass is 210 g/mol. The predicted octanol–water partition coefficient (Wildman–Crippen LogP) is 1.42. The van der Waals surface area contributed by atoms with Gasteiger partial charge in [-0.3, -0.25) is 4.79 Å². The first-order valence-electron chi connectivity index (χ1n) is 4.75. The fourth-order valence-electron chi connectivity index (χ4n) is 1.85. The number of nitrogens with zero attached hydrogens (tertiary/aromatic N) is 1. The number of anilines is 1. The Bertz CT molecular complexity index is 394. The summed E-state index contributed by atoms with van der Waals surface area (Å²) < 4.78 is 1.84. The molecule has 1 fully saturated rings. The van der Waals surface area contributed by atoms with Gasteiger partial charge in [-0.25, -0.2) is 0 Å². The second-order valence-corrected chi connectivity index (χ2v) is 4.75. The molecule has 1 aliphatic heterocycles. The molecule has 3 nitrogen and oxygen atoms in total. The molecule has 0 bridgehead atoms. The second-order valence-electron chi connectivity index (χ2n) is 3.60. The van der Waals surface area contributed by atoms with Crippen molar-refractivity contribution in [3.63, 3.8) is 0 Å². The molecule has 0 spiro atoms. The molecular formula is C10H14N2OS. The van der Waals surface area contributed by atoms with Crippen molar-refractivity contribution in [2.45, 2.75) is 19.4 Å². The van der Waals surface area contributed by atoms with Crippen LogP contribution in [-0.2, 0) is 0 Å².